The van der Waals surface area contributed by atoms with E-state index in [9.17, 15) is 18.3 Å². The number of unbranched alkanes of at least 4 members (excludes halogenated alkanes) is 1. The van der Waals surface area contributed by atoms with Crippen LogP contribution in [0.5, 0.6) is 0 Å². The van der Waals surface area contributed by atoms with E-state index in [2.05, 4.69) is 21.9 Å². The summed E-state index contributed by atoms with van der Waals surface area (Å²) >= 11 is 0. The summed E-state index contributed by atoms with van der Waals surface area (Å²) in [4.78, 5) is 7.75. The molecule has 1 rings (SSSR count). The maximum atomic E-state index is 13.4. The molecule has 8 heteroatoms. The van der Waals surface area contributed by atoms with Crippen LogP contribution in [0.15, 0.2) is 18.7 Å². The van der Waals surface area contributed by atoms with Gasteiger partial charge in [-0.3, -0.25) is 0 Å². The number of aliphatic hydroxyl groups excluding tert-OH is 1. The van der Waals surface area contributed by atoms with Crippen LogP contribution in [0.2, 0.25) is 0 Å². The zero-order chi connectivity index (χ0) is 18.3. The number of nitrogens with zero attached hydrogens (tertiary/aromatic N) is 2. The summed E-state index contributed by atoms with van der Waals surface area (Å²) in [5.41, 5.74) is 4.58. The molecule has 0 aliphatic rings. The molecule has 0 bridgehead atoms. The Morgan fingerprint density at radius 2 is 2.08 bits per heavy atom. The van der Waals surface area contributed by atoms with Crippen LogP contribution in [0.4, 0.5) is 24.9 Å². The third-order valence-corrected chi connectivity index (χ3v) is 3.43. The van der Waals surface area contributed by atoms with E-state index in [0.29, 0.717) is 6.42 Å². The van der Waals surface area contributed by atoms with E-state index in [1.807, 2.05) is 6.92 Å². The first-order chi connectivity index (χ1) is 11.2. The first-order valence-corrected chi connectivity index (χ1v) is 7.66. The van der Waals surface area contributed by atoms with Gasteiger partial charge in [0, 0.05) is 0 Å². The lowest BCUT2D eigenvalue weighted by Gasteiger charge is -2.22. The summed E-state index contributed by atoms with van der Waals surface area (Å²) in [7, 11) is 0. The molecule has 134 valence electrons. The van der Waals surface area contributed by atoms with Gasteiger partial charge in [-0.1, -0.05) is 32.4 Å². The topological polar surface area (TPSA) is 84.1 Å². The van der Waals surface area contributed by atoms with Crippen molar-refractivity contribution in [3.8, 4) is 0 Å². The molecule has 0 spiro atoms. The Labute approximate surface area is 139 Å². The number of nitrogens with two attached hydrogens (primary N) is 1. The molecular weight excluding hydrogens is 321 g/mol. The van der Waals surface area contributed by atoms with Crippen molar-refractivity contribution < 1.29 is 18.3 Å². The highest BCUT2D eigenvalue weighted by molar-refractivity contribution is 5.80. The summed E-state index contributed by atoms with van der Waals surface area (Å²) < 4.78 is 40.2. The fraction of sp³-hybridized carbons (Fsp3) is 0.500. The van der Waals surface area contributed by atoms with E-state index < -0.39 is 17.8 Å². The van der Waals surface area contributed by atoms with Crippen molar-refractivity contribution in [3.05, 3.63) is 30.0 Å². The molecule has 0 radical (unpaired) electrons. The highest BCUT2D eigenvalue weighted by Crippen LogP contribution is 2.38. The molecule has 4 N–H and O–H groups in total. The number of halogens is 3. The van der Waals surface area contributed by atoms with Gasteiger partial charge in [-0.25, -0.2) is 4.98 Å². The van der Waals surface area contributed by atoms with E-state index in [4.69, 9.17) is 5.73 Å². The highest BCUT2D eigenvalue weighted by Gasteiger charge is 2.37. The second-order valence-corrected chi connectivity index (χ2v) is 5.37. The average Bonchev–Trinajstić information content (AvgIpc) is 2.48. The van der Waals surface area contributed by atoms with E-state index in [1.54, 1.807) is 0 Å². The van der Waals surface area contributed by atoms with Crippen LogP contribution < -0.4 is 11.1 Å². The molecule has 5 nitrogen and oxygen atoms in total. The summed E-state index contributed by atoms with van der Waals surface area (Å²) in [5.74, 6) is -0.174. The van der Waals surface area contributed by atoms with Gasteiger partial charge in [0.15, 0.2) is 0 Å². The summed E-state index contributed by atoms with van der Waals surface area (Å²) in [6.45, 7) is 6.52. The van der Waals surface area contributed by atoms with E-state index in [1.165, 1.54) is 6.92 Å². The molecule has 0 saturated heterocycles. The Bertz CT molecular complexity index is 600. The van der Waals surface area contributed by atoms with Crippen molar-refractivity contribution in [2.24, 2.45) is 0 Å². The van der Waals surface area contributed by atoms with Gasteiger partial charge in [-0.15, -0.1) is 0 Å². The van der Waals surface area contributed by atoms with Gasteiger partial charge in [-0.2, -0.15) is 18.2 Å². The number of hydrogen-bond donors (Lipinski definition) is 3. The minimum atomic E-state index is -4.60. The molecular formula is C16H23F3N4O. The van der Waals surface area contributed by atoms with Gasteiger partial charge in [0.05, 0.1) is 29.5 Å². The van der Waals surface area contributed by atoms with Gasteiger partial charge in [0.25, 0.3) is 0 Å². The Morgan fingerprint density at radius 1 is 1.42 bits per heavy atom. The number of aryl methyl sites for hydroxylation is 1. The second-order valence-electron chi connectivity index (χ2n) is 5.37. The largest absolute Gasteiger partial charge is 0.417 e. The molecule has 1 heterocycles. The lowest BCUT2D eigenvalue weighted by molar-refractivity contribution is -0.0689. The number of aliphatic hydroxyl groups is 1. The van der Waals surface area contributed by atoms with Crippen molar-refractivity contribution in [1.82, 2.24) is 9.97 Å². The molecule has 0 aromatic carbocycles. The third kappa shape index (κ3) is 5.23. The number of anilines is 2. The maximum Gasteiger partial charge on any atom is 0.417 e. The Kier molecular flexibility index (Phi) is 7.21. The molecule has 0 amide bonds. The third-order valence-electron chi connectivity index (χ3n) is 3.43. The summed E-state index contributed by atoms with van der Waals surface area (Å²) in [6.07, 6.45) is -0.354. The monoisotopic (exact) mass is 344 g/mol. The fourth-order valence-electron chi connectivity index (χ4n) is 2.31. The molecule has 1 aromatic heterocycles. The first kappa shape index (κ1) is 20.0. The number of nitrogens with one attached hydrogen (secondary N) is 1. The smallest absolute Gasteiger partial charge is 0.394 e. The van der Waals surface area contributed by atoms with Gasteiger partial charge in [0.2, 0.25) is 5.95 Å². The van der Waals surface area contributed by atoms with Crippen molar-refractivity contribution in [2.45, 2.75) is 45.3 Å². The van der Waals surface area contributed by atoms with Gasteiger partial charge in [0.1, 0.15) is 5.82 Å². The van der Waals surface area contributed by atoms with Gasteiger partial charge >= 0.3 is 6.18 Å². The number of nitrogen functional groups attached to an aromatic ring is 1. The molecule has 0 fully saturated rings. The predicted molar refractivity (Wildman–Crippen MR) is 89.4 cm³/mol. The summed E-state index contributed by atoms with van der Waals surface area (Å²) in [6, 6.07) is -0.421. The second kappa shape index (κ2) is 8.68. The molecule has 0 aliphatic carbocycles. The molecule has 0 unspecified atom stereocenters. The Balaban J connectivity index is 3.39. The molecule has 0 saturated carbocycles. The van der Waals surface area contributed by atoms with Crippen LogP contribution in [0, 0.1) is 6.92 Å². The minimum absolute atomic E-state index is 0.0411. The maximum absolute atomic E-state index is 13.4. The van der Waals surface area contributed by atoms with Crippen LogP contribution in [0.3, 0.4) is 0 Å². The first-order valence-electron chi connectivity index (χ1n) is 7.66. The Hall–Kier alpha value is -2.09. The predicted octanol–water partition coefficient (Wildman–Crippen LogP) is 3.46. The van der Waals surface area contributed by atoms with Crippen molar-refractivity contribution in [2.75, 3.05) is 17.7 Å². The standard InChI is InChI=1S/C16H23F3N4O/c1-4-6-8-11(9-24)22-14-13(10(3)21-15(20)23-14)12(7-5-2)16(17,18)19/h5,7,11,24H,2,4,6,8-9H2,1,3H3,(H3,20,21,22,23)/b12-7+/t11-/m1/s1. The van der Waals surface area contributed by atoms with Gasteiger partial charge in [-0.05, 0) is 19.4 Å². The van der Waals surface area contributed by atoms with Crippen molar-refractivity contribution >= 4 is 17.3 Å². The van der Waals surface area contributed by atoms with Crippen LogP contribution in [-0.2, 0) is 0 Å². The normalized spacial score (nSPS) is 13.7. The number of hydrogen-bond acceptors (Lipinski definition) is 5. The molecule has 1 aromatic rings. The zero-order valence-corrected chi connectivity index (χ0v) is 13.8. The van der Waals surface area contributed by atoms with Gasteiger partial charge < -0.3 is 16.2 Å². The van der Waals surface area contributed by atoms with Crippen LogP contribution >= 0.6 is 0 Å². The summed E-state index contributed by atoms with van der Waals surface area (Å²) in [5, 5.41) is 12.3. The number of rotatable bonds is 8. The zero-order valence-electron chi connectivity index (χ0n) is 13.8. The SMILES string of the molecule is C=C/C=C(\c1c(C)nc(N)nc1N[C@@H](CO)CCCC)C(F)(F)F. The van der Waals surface area contributed by atoms with E-state index >= 15 is 0 Å². The average molecular weight is 344 g/mol. The molecule has 0 aliphatic heterocycles. The molecule has 24 heavy (non-hydrogen) atoms. The van der Waals surface area contributed by atoms with Crippen molar-refractivity contribution in [1.29, 1.82) is 0 Å². The van der Waals surface area contributed by atoms with Crippen LogP contribution in [-0.4, -0.2) is 33.9 Å². The lowest BCUT2D eigenvalue weighted by atomic mass is 10.0. The van der Waals surface area contributed by atoms with Crippen molar-refractivity contribution in [3.63, 3.8) is 0 Å². The van der Waals surface area contributed by atoms with E-state index in [0.717, 1.165) is 25.0 Å². The number of aromatic nitrogens is 2. The lowest BCUT2D eigenvalue weighted by Crippen LogP contribution is -2.26. The van der Waals surface area contributed by atoms with E-state index in [-0.39, 0.29) is 29.6 Å². The number of alkyl halides is 3. The van der Waals surface area contributed by atoms with Crippen LogP contribution in [0.25, 0.3) is 5.57 Å². The quantitative estimate of drug-likeness (QED) is 0.629. The fourth-order valence-corrected chi connectivity index (χ4v) is 2.31. The molecule has 1 atom stereocenters. The Morgan fingerprint density at radius 3 is 2.58 bits per heavy atom. The highest BCUT2D eigenvalue weighted by atomic mass is 19.4. The minimum Gasteiger partial charge on any atom is -0.394 e. The van der Waals surface area contributed by atoms with Crippen LogP contribution in [0.1, 0.15) is 37.4 Å². The number of allylic oxidation sites excluding steroid dienone is 3.